The molecule has 1 saturated heterocycles. The lowest BCUT2D eigenvalue weighted by Gasteiger charge is -2.26. The molecule has 1 aliphatic heterocycles. The van der Waals surface area contributed by atoms with E-state index in [9.17, 15) is 14.7 Å². The molecule has 3 aromatic rings. The zero-order chi connectivity index (χ0) is 26.5. The van der Waals surface area contributed by atoms with Crippen LogP contribution in [0.5, 0.6) is 17.2 Å². The molecule has 9 nitrogen and oxygen atoms in total. The van der Waals surface area contributed by atoms with E-state index in [0.717, 1.165) is 0 Å². The summed E-state index contributed by atoms with van der Waals surface area (Å²) in [5.41, 5.74) is 1.07. The fourth-order valence-electron chi connectivity index (χ4n) is 4.44. The van der Waals surface area contributed by atoms with E-state index in [2.05, 4.69) is 4.98 Å². The standard InChI is InChI=1S/C28H31N3O6/c1-18(2)37-21-9-6-19(7-10-21)26(32)24-25(20-8-11-22(35-3)23(16-20)36-4)31(28(34)27(24)33)14-5-13-30-15-12-29-17-30/h6-12,15-18,25,32H,5,13-14H2,1-4H3. The summed E-state index contributed by atoms with van der Waals surface area (Å²) in [4.78, 5) is 32.1. The van der Waals surface area contributed by atoms with E-state index < -0.39 is 17.7 Å². The zero-order valence-electron chi connectivity index (χ0n) is 21.4. The molecule has 0 spiro atoms. The molecule has 1 atom stereocenters. The van der Waals surface area contributed by atoms with Gasteiger partial charge in [0.05, 0.1) is 38.3 Å². The second kappa shape index (κ2) is 11.2. The number of methoxy groups -OCH3 is 2. The maximum Gasteiger partial charge on any atom is 0.295 e. The van der Waals surface area contributed by atoms with Crippen LogP contribution in [-0.2, 0) is 16.1 Å². The van der Waals surface area contributed by atoms with Crippen molar-refractivity contribution in [2.75, 3.05) is 20.8 Å². The van der Waals surface area contributed by atoms with Crippen LogP contribution in [0.15, 0.2) is 66.8 Å². The molecule has 0 saturated carbocycles. The number of carbonyl (C=O) groups excluding carboxylic acids is 2. The highest BCUT2D eigenvalue weighted by molar-refractivity contribution is 6.46. The number of nitrogens with zero attached hydrogens (tertiary/aromatic N) is 3. The molecule has 0 radical (unpaired) electrons. The largest absolute Gasteiger partial charge is 0.507 e. The van der Waals surface area contributed by atoms with Gasteiger partial charge in [-0.05, 0) is 62.2 Å². The first kappa shape index (κ1) is 25.8. The number of carbonyl (C=O) groups is 2. The van der Waals surface area contributed by atoms with Crippen LogP contribution in [0.4, 0.5) is 0 Å². The Hall–Kier alpha value is -4.27. The molecule has 4 rings (SSSR count). The molecule has 2 heterocycles. The Morgan fingerprint density at radius 3 is 2.38 bits per heavy atom. The molecule has 37 heavy (non-hydrogen) atoms. The molecule has 1 amide bonds. The minimum absolute atomic E-state index is 0.00264. The molecule has 1 unspecified atom stereocenters. The summed E-state index contributed by atoms with van der Waals surface area (Å²) < 4.78 is 18.4. The van der Waals surface area contributed by atoms with Crippen molar-refractivity contribution in [2.24, 2.45) is 0 Å². The summed E-state index contributed by atoms with van der Waals surface area (Å²) in [5.74, 6) is -0.0216. The lowest BCUT2D eigenvalue weighted by molar-refractivity contribution is -0.139. The van der Waals surface area contributed by atoms with Gasteiger partial charge in [0.25, 0.3) is 11.7 Å². The summed E-state index contributed by atoms with van der Waals surface area (Å²) in [6.07, 6.45) is 5.82. The van der Waals surface area contributed by atoms with Crippen molar-refractivity contribution in [1.29, 1.82) is 0 Å². The van der Waals surface area contributed by atoms with E-state index in [1.165, 1.54) is 19.1 Å². The second-order valence-electron chi connectivity index (χ2n) is 8.95. The average molecular weight is 506 g/mol. The van der Waals surface area contributed by atoms with E-state index >= 15 is 0 Å². The van der Waals surface area contributed by atoms with Gasteiger partial charge >= 0.3 is 0 Å². The fourth-order valence-corrected chi connectivity index (χ4v) is 4.44. The molecule has 9 heteroatoms. The number of benzene rings is 2. The van der Waals surface area contributed by atoms with E-state index in [4.69, 9.17) is 14.2 Å². The van der Waals surface area contributed by atoms with Crippen LogP contribution in [0.3, 0.4) is 0 Å². The molecular weight excluding hydrogens is 474 g/mol. The maximum atomic E-state index is 13.3. The number of rotatable bonds is 10. The van der Waals surface area contributed by atoms with Crippen LogP contribution in [0.2, 0.25) is 0 Å². The number of amides is 1. The summed E-state index contributed by atoms with van der Waals surface area (Å²) in [5, 5.41) is 11.3. The molecular formula is C28H31N3O6. The zero-order valence-corrected chi connectivity index (χ0v) is 21.4. The van der Waals surface area contributed by atoms with Crippen molar-refractivity contribution in [3.8, 4) is 17.2 Å². The SMILES string of the molecule is COc1ccc(C2C(=C(O)c3ccc(OC(C)C)cc3)C(=O)C(=O)N2CCCn2ccnc2)cc1OC. The monoisotopic (exact) mass is 505 g/mol. The quantitative estimate of drug-likeness (QED) is 0.250. The number of aromatic nitrogens is 2. The Morgan fingerprint density at radius 2 is 1.76 bits per heavy atom. The number of ketones is 1. The number of aliphatic hydroxyl groups is 1. The van der Waals surface area contributed by atoms with Gasteiger partial charge in [-0.2, -0.15) is 0 Å². The van der Waals surface area contributed by atoms with Gasteiger partial charge in [0.1, 0.15) is 11.5 Å². The molecule has 1 N–H and O–H groups in total. The van der Waals surface area contributed by atoms with Crippen LogP contribution in [0.1, 0.15) is 37.4 Å². The Kier molecular flexibility index (Phi) is 7.81. The normalized spacial score (nSPS) is 16.9. The number of likely N-dealkylation sites (tertiary alicyclic amines) is 1. The first-order valence-electron chi connectivity index (χ1n) is 12.1. The van der Waals surface area contributed by atoms with Gasteiger partial charge < -0.3 is 28.8 Å². The van der Waals surface area contributed by atoms with Gasteiger partial charge in [-0.25, -0.2) is 4.98 Å². The smallest absolute Gasteiger partial charge is 0.295 e. The number of imidazole rings is 1. The molecule has 0 aliphatic carbocycles. The van der Waals surface area contributed by atoms with Gasteiger partial charge in [0.15, 0.2) is 11.5 Å². The number of ether oxygens (including phenoxy) is 3. The van der Waals surface area contributed by atoms with Crippen LogP contribution < -0.4 is 14.2 Å². The first-order chi connectivity index (χ1) is 17.8. The number of aliphatic hydroxyl groups excluding tert-OH is 1. The highest BCUT2D eigenvalue weighted by atomic mass is 16.5. The van der Waals surface area contributed by atoms with Gasteiger partial charge in [-0.3, -0.25) is 9.59 Å². The van der Waals surface area contributed by atoms with Crippen molar-refractivity contribution < 1.29 is 28.9 Å². The number of hydrogen-bond acceptors (Lipinski definition) is 7. The molecule has 1 aromatic heterocycles. The molecule has 194 valence electrons. The topological polar surface area (TPSA) is 103 Å². The van der Waals surface area contributed by atoms with Gasteiger partial charge in [-0.15, -0.1) is 0 Å². The van der Waals surface area contributed by atoms with Gasteiger partial charge in [0.2, 0.25) is 0 Å². The highest BCUT2D eigenvalue weighted by Crippen LogP contribution is 2.42. The van der Waals surface area contributed by atoms with Gasteiger partial charge in [-0.1, -0.05) is 6.07 Å². The predicted molar refractivity (Wildman–Crippen MR) is 138 cm³/mol. The Morgan fingerprint density at radius 1 is 1.03 bits per heavy atom. The van der Waals surface area contributed by atoms with E-state index in [-0.39, 0.29) is 17.4 Å². The molecule has 2 aromatic carbocycles. The molecule has 0 bridgehead atoms. The third-order valence-corrected chi connectivity index (χ3v) is 6.14. The van der Waals surface area contributed by atoms with Crippen molar-refractivity contribution in [1.82, 2.24) is 14.5 Å². The van der Waals surface area contributed by atoms with E-state index in [1.54, 1.807) is 55.0 Å². The van der Waals surface area contributed by atoms with Crippen LogP contribution in [0.25, 0.3) is 5.76 Å². The minimum atomic E-state index is -0.797. The summed E-state index contributed by atoms with van der Waals surface area (Å²) in [7, 11) is 3.05. The van der Waals surface area contributed by atoms with Gasteiger partial charge in [0, 0.05) is 31.0 Å². The van der Waals surface area contributed by atoms with Crippen molar-refractivity contribution in [3.05, 3.63) is 77.9 Å². The Bertz CT molecular complexity index is 1280. The summed E-state index contributed by atoms with van der Waals surface area (Å²) in [6, 6.07) is 11.2. The highest BCUT2D eigenvalue weighted by Gasteiger charge is 2.46. The number of Topliss-reactive ketones (excluding diaryl/α,β-unsaturated/α-hetero) is 1. The number of aryl methyl sites for hydroxylation is 1. The molecule has 1 aliphatic rings. The number of hydrogen-bond donors (Lipinski definition) is 1. The minimum Gasteiger partial charge on any atom is -0.507 e. The Labute approximate surface area is 215 Å². The lowest BCUT2D eigenvalue weighted by Crippen LogP contribution is -2.31. The van der Waals surface area contributed by atoms with Crippen molar-refractivity contribution >= 4 is 17.4 Å². The van der Waals surface area contributed by atoms with Crippen LogP contribution in [-0.4, -0.2) is 58.1 Å². The third-order valence-electron chi connectivity index (χ3n) is 6.14. The molecule has 1 fully saturated rings. The van der Waals surface area contributed by atoms with Crippen LogP contribution >= 0.6 is 0 Å². The average Bonchev–Trinajstić information content (AvgIpc) is 3.50. The lowest BCUT2D eigenvalue weighted by atomic mass is 9.95. The maximum absolute atomic E-state index is 13.3. The van der Waals surface area contributed by atoms with E-state index in [1.807, 2.05) is 24.6 Å². The van der Waals surface area contributed by atoms with Crippen molar-refractivity contribution in [3.63, 3.8) is 0 Å². The van der Waals surface area contributed by atoms with E-state index in [0.29, 0.717) is 47.9 Å². The third kappa shape index (κ3) is 5.45. The second-order valence-corrected chi connectivity index (χ2v) is 8.95. The summed E-state index contributed by atoms with van der Waals surface area (Å²) in [6.45, 7) is 4.77. The summed E-state index contributed by atoms with van der Waals surface area (Å²) >= 11 is 0. The van der Waals surface area contributed by atoms with Crippen molar-refractivity contribution in [2.45, 2.75) is 39.0 Å². The fraction of sp³-hybridized carbons (Fsp3) is 0.321. The predicted octanol–water partition coefficient (Wildman–Crippen LogP) is 4.20. The first-order valence-corrected chi connectivity index (χ1v) is 12.1. The van der Waals surface area contributed by atoms with Crippen LogP contribution in [0, 0.1) is 0 Å². The Balaban J connectivity index is 1.74.